The first kappa shape index (κ1) is 23.0. The molecule has 4 rings (SSSR count). The molecule has 1 amide bonds. The van der Waals surface area contributed by atoms with Crippen LogP contribution in [-0.2, 0) is 28.7 Å². The first-order chi connectivity index (χ1) is 15.7. The van der Waals surface area contributed by atoms with Crippen molar-refractivity contribution in [1.29, 1.82) is 0 Å². The Kier molecular flexibility index (Phi) is 6.29. The van der Waals surface area contributed by atoms with Crippen LogP contribution in [0.25, 0.3) is 0 Å². The van der Waals surface area contributed by atoms with Crippen LogP contribution in [0.15, 0.2) is 42.5 Å². The number of ether oxygens (including phenoxy) is 2. The van der Waals surface area contributed by atoms with E-state index in [1.54, 1.807) is 23.1 Å². The third-order valence-corrected chi connectivity index (χ3v) is 6.05. The lowest BCUT2D eigenvalue weighted by molar-refractivity contribution is -0.137. The first-order valence-electron chi connectivity index (χ1n) is 10.6. The van der Waals surface area contributed by atoms with Gasteiger partial charge < -0.3 is 9.47 Å². The van der Waals surface area contributed by atoms with Crippen LogP contribution in [0, 0.1) is 0 Å². The van der Waals surface area contributed by atoms with Gasteiger partial charge in [-0.1, -0.05) is 18.2 Å². The van der Waals surface area contributed by atoms with Crippen LogP contribution in [0.1, 0.15) is 40.2 Å². The van der Waals surface area contributed by atoms with E-state index in [9.17, 15) is 22.8 Å². The first-order valence-corrected chi connectivity index (χ1v) is 10.6. The number of piperidine rings is 1. The van der Waals surface area contributed by atoms with Crippen molar-refractivity contribution in [2.45, 2.75) is 37.7 Å². The third kappa shape index (κ3) is 5.27. The minimum atomic E-state index is -4.34. The smallest absolute Gasteiger partial charge is 0.416 e. The number of hydrogen-bond donors (Lipinski definition) is 0. The molecule has 0 radical (unpaired) electrons. The Hall–Kier alpha value is -3.14. The number of pyridine rings is 1. The Labute approximate surface area is 189 Å². The largest absolute Gasteiger partial charge is 0.464 e. The van der Waals surface area contributed by atoms with Crippen molar-refractivity contribution in [1.82, 2.24) is 14.8 Å². The van der Waals surface area contributed by atoms with Gasteiger partial charge in [0, 0.05) is 32.5 Å². The highest BCUT2D eigenvalue weighted by molar-refractivity contribution is 5.87. The van der Waals surface area contributed by atoms with E-state index in [1.165, 1.54) is 19.2 Å². The number of likely N-dealkylation sites (tertiary alicyclic amines) is 1. The monoisotopic (exact) mass is 463 g/mol. The van der Waals surface area contributed by atoms with Crippen molar-refractivity contribution in [3.8, 4) is 0 Å². The second-order valence-electron chi connectivity index (χ2n) is 8.38. The molecular formula is C23H24F3N3O4. The molecule has 1 spiro atoms. The zero-order valence-corrected chi connectivity index (χ0v) is 18.1. The number of esters is 1. The van der Waals surface area contributed by atoms with Gasteiger partial charge in [-0.25, -0.2) is 14.6 Å². The van der Waals surface area contributed by atoms with E-state index in [1.807, 2.05) is 0 Å². The van der Waals surface area contributed by atoms with E-state index in [4.69, 9.17) is 4.74 Å². The van der Waals surface area contributed by atoms with Gasteiger partial charge in [0.2, 0.25) is 0 Å². The molecule has 0 aliphatic carbocycles. The Morgan fingerprint density at radius 2 is 1.82 bits per heavy atom. The SMILES string of the molecule is COC(=O)c1cccc(CN2CC3(CCN(Cc4ccc(C(F)(F)F)cc4)CC3)OC2=O)n1. The van der Waals surface area contributed by atoms with E-state index >= 15 is 0 Å². The van der Waals surface area contributed by atoms with Gasteiger partial charge in [0.25, 0.3) is 0 Å². The number of carbonyl (C=O) groups excluding carboxylic acids is 2. The van der Waals surface area contributed by atoms with E-state index in [-0.39, 0.29) is 12.2 Å². The average molecular weight is 463 g/mol. The minimum Gasteiger partial charge on any atom is -0.464 e. The van der Waals surface area contributed by atoms with Crippen LogP contribution in [-0.4, -0.2) is 59.2 Å². The van der Waals surface area contributed by atoms with Gasteiger partial charge in [-0.05, 0) is 29.8 Å². The van der Waals surface area contributed by atoms with Crippen molar-refractivity contribution in [2.75, 3.05) is 26.7 Å². The fraction of sp³-hybridized carbons (Fsp3) is 0.435. The minimum absolute atomic E-state index is 0.175. The molecule has 176 valence electrons. The van der Waals surface area contributed by atoms with Gasteiger partial charge in [-0.2, -0.15) is 13.2 Å². The van der Waals surface area contributed by atoms with Crippen molar-refractivity contribution < 1.29 is 32.2 Å². The number of hydrogen-bond acceptors (Lipinski definition) is 6. The summed E-state index contributed by atoms with van der Waals surface area (Å²) in [7, 11) is 1.28. The lowest BCUT2D eigenvalue weighted by Gasteiger charge is -2.37. The van der Waals surface area contributed by atoms with E-state index in [0.717, 1.165) is 17.7 Å². The molecule has 7 nitrogen and oxygen atoms in total. The van der Waals surface area contributed by atoms with Crippen LogP contribution in [0.2, 0.25) is 0 Å². The summed E-state index contributed by atoms with van der Waals surface area (Å²) in [5.41, 5.74) is 0.294. The molecule has 0 N–H and O–H groups in total. The normalized spacial score (nSPS) is 18.4. The van der Waals surface area contributed by atoms with Gasteiger partial charge in [0.1, 0.15) is 11.3 Å². The van der Waals surface area contributed by atoms with Crippen LogP contribution >= 0.6 is 0 Å². The van der Waals surface area contributed by atoms with E-state index < -0.39 is 29.4 Å². The lowest BCUT2D eigenvalue weighted by atomic mass is 9.91. The molecule has 1 aromatic heterocycles. The quantitative estimate of drug-likeness (QED) is 0.627. The molecule has 2 aliphatic heterocycles. The topological polar surface area (TPSA) is 72.0 Å². The molecule has 10 heteroatoms. The summed E-state index contributed by atoms with van der Waals surface area (Å²) in [6.07, 6.45) is -3.50. The molecule has 0 saturated carbocycles. The summed E-state index contributed by atoms with van der Waals surface area (Å²) in [4.78, 5) is 32.2. The fourth-order valence-electron chi connectivity index (χ4n) is 4.23. The molecule has 0 bridgehead atoms. The maximum Gasteiger partial charge on any atom is 0.416 e. The molecular weight excluding hydrogens is 439 g/mol. The number of amides is 1. The number of rotatable bonds is 5. The highest BCUT2D eigenvalue weighted by atomic mass is 19.4. The summed E-state index contributed by atoms with van der Waals surface area (Å²) in [5.74, 6) is -0.544. The number of alkyl halides is 3. The maximum atomic E-state index is 12.7. The Balaban J connectivity index is 1.33. The van der Waals surface area contributed by atoms with E-state index in [2.05, 4.69) is 14.6 Å². The van der Waals surface area contributed by atoms with Gasteiger partial charge >= 0.3 is 18.2 Å². The number of aromatic nitrogens is 1. The average Bonchev–Trinajstić information content (AvgIpc) is 3.09. The van der Waals surface area contributed by atoms with Gasteiger partial charge in [0.15, 0.2) is 0 Å². The maximum absolute atomic E-state index is 12.7. The number of halogens is 3. The number of benzene rings is 1. The Morgan fingerprint density at radius 3 is 2.45 bits per heavy atom. The Bertz CT molecular complexity index is 1020. The van der Waals surface area contributed by atoms with Crippen LogP contribution in [0.5, 0.6) is 0 Å². The summed E-state index contributed by atoms with van der Waals surface area (Å²) >= 11 is 0. The third-order valence-electron chi connectivity index (χ3n) is 6.05. The molecule has 0 unspecified atom stereocenters. The van der Waals surface area contributed by atoms with E-state index in [0.29, 0.717) is 44.7 Å². The molecule has 2 fully saturated rings. The van der Waals surface area contributed by atoms with Crippen molar-refractivity contribution in [3.63, 3.8) is 0 Å². The van der Waals surface area contributed by atoms with Crippen molar-refractivity contribution in [2.24, 2.45) is 0 Å². The summed E-state index contributed by atoms with van der Waals surface area (Å²) in [6.45, 7) is 2.51. The molecule has 2 aromatic rings. The molecule has 33 heavy (non-hydrogen) atoms. The number of nitrogens with zero attached hydrogens (tertiary/aromatic N) is 3. The fourth-order valence-corrected chi connectivity index (χ4v) is 4.23. The summed E-state index contributed by atoms with van der Waals surface area (Å²) < 4.78 is 48.6. The molecule has 2 aliphatic rings. The second-order valence-corrected chi connectivity index (χ2v) is 8.38. The van der Waals surface area contributed by atoms with Crippen molar-refractivity contribution >= 4 is 12.1 Å². The lowest BCUT2D eigenvalue weighted by Crippen LogP contribution is -2.46. The highest BCUT2D eigenvalue weighted by Gasteiger charge is 2.47. The van der Waals surface area contributed by atoms with Gasteiger partial charge in [-0.3, -0.25) is 9.80 Å². The van der Waals surface area contributed by atoms with Crippen LogP contribution in [0.3, 0.4) is 0 Å². The van der Waals surface area contributed by atoms with Gasteiger partial charge in [0.05, 0.1) is 31.5 Å². The molecule has 1 aromatic carbocycles. The number of carbonyl (C=O) groups is 2. The molecule has 2 saturated heterocycles. The summed E-state index contributed by atoms with van der Waals surface area (Å²) in [5, 5.41) is 0. The predicted octanol–water partition coefficient (Wildman–Crippen LogP) is 3.87. The standard InChI is InChI=1S/C23H24F3N3O4/c1-32-20(30)19-4-2-3-18(27-19)14-29-15-22(33-21(29)31)9-11-28(12-10-22)13-16-5-7-17(8-6-16)23(24,25)26/h2-8H,9-15H2,1H3. The van der Waals surface area contributed by atoms with Gasteiger partial charge in [-0.15, -0.1) is 0 Å². The highest BCUT2D eigenvalue weighted by Crippen LogP contribution is 2.34. The Morgan fingerprint density at radius 1 is 1.12 bits per heavy atom. The number of methoxy groups -OCH3 is 1. The zero-order valence-electron chi connectivity index (χ0n) is 18.1. The summed E-state index contributed by atoms with van der Waals surface area (Å²) in [6, 6.07) is 10.2. The molecule has 3 heterocycles. The van der Waals surface area contributed by atoms with Crippen LogP contribution < -0.4 is 0 Å². The van der Waals surface area contributed by atoms with Crippen molar-refractivity contribution in [3.05, 3.63) is 65.0 Å². The second kappa shape index (κ2) is 9.01. The predicted molar refractivity (Wildman–Crippen MR) is 111 cm³/mol. The molecule has 0 atom stereocenters. The van der Waals surface area contributed by atoms with Crippen LogP contribution in [0.4, 0.5) is 18.0 Å². The zero-order chi connectivity index (χ0) is 23.6.